The third-order valence-corrected chi connectivity index (χ3v) is 8.24. The molecular weight excluding hydrogens is 560 g/mol. The molecule has 0 aromatic rings. The zero-order valence-corrected chi connectivity index (χ0v) is 21.8. The van der Waals surface area contributed by atoms with E-state index < -0.39 is 89.3 Å². The van der Waals surface area contributed by atoms with Gasteiger partial charge in [-0.1, -0.05) is 6.58 Å². The average molecular weight is 589 g/mol. The Morgan fingerprint density at radius 1 is 1.13 bits per heavy atom. The maximum atomic E-state index is 12.4. The summed E-state index contributed by atoms with van der Waals surface area (Å²) in [5.41, 5.74) is 0. The van der Waals surface area contributed by atoms with E-state index in [0.717, 1.165) is 13.0 Å². The van der Waals surface area contributed by atoms with Gasteiger partial charge in [-0.25, -0.2) is 9.13 Å². The molecule has 38 heavy (non-hydrogen) atoms. The van der Waals surface area contributed by atoms with Crippen molar-refractivity contribution >= 4 is 27.5 Å². The number of amides is 2. The van der Waals surface area contributed by atoms with E-state index in [2.05, 4.69) is 30.6 Å². The van der Waals surface area contributed by atoms with Crippen molar-refractivity contribution in [3.05, 3.63) is 24.7 Å². The number of hydrogen-bond acceptors (Lipinski definition) is 14. The second-order valence-electron chi connectivity index (χ2n) is 8.54. The summed E-state index contributed by atoms with van der Waals surface area (Å²) in [5, 5.41) is 45.5. The topological polar surface area (TPSA) is 263 Å². The van der Waals surface area contributed by atoms with E-state index >= 15 is 0 Å². The summed E-state index contributed by atoms with van der Waals surface area (Å²) in [6, 6.07) is -1.38. The van der Waals surface area contributed by atoms with E-state index in [9.17, 15) is 48.9 Å². The van der Waals surface area contributed by atoms with Crippen LogP contribution in [-0.2, 0) is 41.6 Å². The lowest BCUT2D eigenvalue weighted by atomic mass is 9.97. The van der Waals surface area contributed by atoms with Gasteiger partial charge in [0.05, 0.1) is 18.8 Å². The highest BCUT2D eigenvalue weighted by atomic mass is 31.3. The Bertz CT molecular complexity index is 1060. The molecule has 0 saturated carbocycles. The van der Waals surface area contributed by atoms with Crippen molar-refractivity contribution in [3.63, 3.8) is 0 Å². The van der Waals surface area contributed by atoms with Gasteiger partial charge in [0.15, 0.2) is 12.5 Å². The van der Waals surface area contributed by atoms with Crippen molar-refractivity contribution in [2.24, 2.45) is 0 Å². The van der Waals surface area contributed by atoms with Gasteiger partial charge in [0.25, 0.3) is 5.91 Å². The van der Waals surface area contributed by atoms with Crippen molar-refractivity contribution in [2.45, 2.75) is 69.0 Å². The maximum Gasteiger partial charge on any atom is 0.483 e. The van der Waals surface area contributed by atoms with Gasteiger partial charge in [-0.15, -0.1) is 0 Å². The van der Waals surface area contributed by atoms with Crippen LogP contribution in [0.15, 0.2) is 24.7 Å². The van der Waals surface area contributed by atoms with Gasteiger partial charge in [-0.3, -0.25) is 18.6 Å². The summed E-state index contributed by atoms with van der Waals surface area (Å²) < 4.78 is 48.7. The minimum absolute atomic E-state index is 0.0135. The molecule has 2 saturated heterocycles. The maximum absolute atomic E-state index is 12.4. The lowest BCUT2D eigenvalue weighted by Gasteiger charge is -2.41. The molecule has 2 fully saturated rings. The Labute approximate surface area is 215 Å². The van der Waals surface area contributed by atoms with Gasteiger partial charge in [-0.05, 0) is 6.92 Å². The Morgan fingerprint density at radius 3 is 2.39 bits per heavy atom. The highest BCUT2D eigenvalue weighted by Gasteiger charge is 2.50. The Morgan fingerprint density at radius 2 is 1.79 bits per heavy atom. The molecule has 11 atom stereocenters. The molecule has 0 aliphatic carbocycles. The molecule has 5 unspecified atom stereocenters. The number of hydrogen-bond donors (Lipinski definition) is 8. The summed E-state index contributed by atoms with van der Waals surface area (Å²) in [6.07, 6.45) is -10.1. The largest absolute Gasteiger partial charge is 0.483 e. The number of ether oxygens (including phenoxy) is 2. The van der Waals surface area contributed by atoms with Crippen molar-refractivity contribution in [1.82, 2.24) is 15.5 Å². The minimum Gasteiger partial charge on any atom is -0.388 e. The summed E-state index contributed by atoms with van der Waals surface area (Å²) in [6.45, 7) is 5.06. The molecule has 3 heterocycles. The number of nitrogens with one attached hydrogen (secondary N) is 2. The molecule has 0 radical (unpaired) electrons. The Hall–Kier alpha value is -1.76. The number of nitrogens with zero attached hydrogens (tertiary/aromatic N) is 1. The number of phosphoric acid groups is 2. The number of phosphoric ester groups is 2. The van der Waals surface area contributed by atoms with Crippen LogP contribution in [0, 0.1) is 0 Å². The number of rotatable bonds is 9. The van der Waals surface area contributed by atoms with Crippen LogP contribution in [0.5, 0.6) is 0 Å². The molecule has 0 aromatic carbocycles. The van der Waals surface area contributed by atoms with E-state index in [4.69, 9.17) is 9.47 Å². The average Bonchev–Trinajstić information content (AvgIpc) is 3.06. The van der Waals surface area contributed by atoms with E-state index in [1.54, 1.807) is 0 Å². The van der Waals surface area contributed by atoms with Crippen molar-refractivity contribution in [2.75, 3.05) is 6.61 Å². The first-order valence-corrected chi connectivity index (χ1v) is 14.0. The lowest BCUT2D eigenvalue weighted by Crippen LogP contribution is -2.63. The molecule has 0 spiro atoms. The van der Waals surface area contributed by atoms with Crippen LogP contribution in [-0.4, -0.2) is 109 Å². The quantitative estimate of drug-likeness (QED) is 0.125. The van der Waals surface area contributed by atoms with Gasteiger partial charge in [-0.2, -0.15) is 4.31 Å². The van der Waals surface area contributed by atoms with Crippen LogP contribution >= 0.6 is 15.6 Å². The molecule has 20 heteroatoms. The molecule has 3 aliphatic rings. The van der Waals surface area contributed by atoms with Crippen LogP contribution in [0.1, 0.15) is 13.8 Å². The van der Waals surface area contributed by atoms with Crippen LogP contribution < -0.4 is 10.6 Å². The van der Waals surface area contributed by atoms with E-state index in [0.29, 0.717) is 0 Å². The van der Waals surface area contributed by atoms with E-state index in [1.165, 1.54) is 18.0 Å². The van der Waals surface area contributed by atoms with Gasteiger partial charge in [0.2, 0.25) is 5.91 Å². The fourth-order valence-corrected chi connectivity index (χ4v) is 5.98. The predicted molar refractivity (Wildman–Crippen MR) is 121 cm³/mol. The van der Waals surface area contributed by atoms with Crippen LogP contribution in [0.4, 0.5) is 0 Å². The van der Waals surface area contributed by atoms with Crippen molar-refractivity contribution < 1.29 is 71.8 Å². The van der Waals surface area contributed by atoms with Crippen LogP contribution in [0.3, 0.4) is 0 Å². The number of carbonyl (C=O) groups is 2. The summed E-state index contributed by atoms with van der Waals surface area (Å²) in [4.78, 5) is 43.8. The fraction of sp³-hybridized carbons (Fsp3) is 0.667. The van der Waals surface area contributed by atoms with Crippen molar-refractivity contribution in [1.29, 1.82) is 0 Å². The smallest absolute Gasteiger partial charge is 0.388 e. The highest BCUT2D eigenvalue weighted by molar-refractivity contribution is 7.61. The monoisotopic (exact) mass is 589 g/mol. The first-order valence-electron chi connectivity index (χ1n) is 11.0. The Kier molecular flexibility index (Phi) is 9.53. The van der Waals surface area contributed by atoms with Gasteiger partial charge in [0, 0.05) is 19.2 Å². The predicted octanol–water partition coefficient (Wildman–Crippen LogP) is -2.93. The second-order valence-corrected chi connectivity index (χ2v) is 11.5. The summed E-state index contributed by atoms with van der Waals surface area (Å²) >= 11 is 0. The number of aliphatic hydroxyl groups excluding tert-OH is 4. The molecule has 8 N–H and O–H groups in total. The van der Waals surface area contributed by atoms with Gasteiger partial charge >= 0.3 is 15.6 Å². The van der Waals surface area contributed by atoms with Gasteiger partial charge < -0.3 is 55.2 Å². The van der Waals surface area contributed by atoms with Crippen LogP contribution in [0.2, 0.25) is 0 Å². The normalized spacial score (nSPS) is 38.8. The summed E-state index contributed by atoms with van der Waals surface area (Å²) in [5.74, 6) is -1.12. The van der Waals surface area contributed by atoms with E-state index in [1.807, 2.05) is 0 Å². The molecule has 3 aliphatic heterocycles. The van der Waals surface area contributed by atoms with E-state index in [-0.39, 0.29) is 5.82 Å². The number of carbonyl (C=O) groups excluding carboxylic acids is 2. The zero-order chi connectivity index (χ0) is 28.6. The van der Waals surface area contributed by atoms with Crippen LogP contribution in [0.25, 0.3) is 0 Å². The first-order chi connectivity index (χ1) is 17.5. The summed E-state index contributed by atoms with van der Waals surface area (Å²) in [7, 11) is -10.9. The fourth-order valence-electron chi connectivity index (χ4n) is 3.82. The lowest BCUT2D eigenvalue weighted by molar-refractivity contribution is -0.244. The SMILES string of the molecule is C=C1NC(=O)C=CN1[C@@H]1O[C@H](COP(=O)(O)OP(=O)(O)O[C@H]2OC(C)[C@@H](O)[C@H](NC(C)=O)C2O)C(O)[C@@H]1O. The third kappa shape index (κ3) is 7.25. The number of aliphatic hydroxyl groups is 4. The van der Waals surface area contributed by atoms with Gasteiger partial charge in [0.1, 0.15) is 36.3 Å². The molecule has 0 aromatic heterocycles. The zero-order valence-electron chi connectivity index (χ0n) is 20.0. The second kappa shape index (κ2) is 11.8. The van der Waals surface area contributed by atoms with Crippen molar-refractivity contribution in [3.8, 4) is 0 Å². The highest BCUT2D eigenvalue weighted by Crippen LogP contribution is 2.61. The standard InChI is InChI=1S/C18H29N3O15P2/c1-7-13(24)12(20-9(3)22)15(26)18(33-7)35-38(30,31)36-37(28,29)32-6-10-14(25)16(27)17(34-10)21-5-4-11(23)19-8(21)2/h4-5,7,10,12-18,24-27H,2,6H2,1,3H3,(H,19,23)(H,20,22)(H,28,29)(H,30,31)/t7?,10-,12+,13-,14?,15?,16+,17-,18-/m1/s1. The Balaban J connectivity index is 1.59. The molecule has 0 bridgehead atoms. The third-order valence-electron chi connectivity index (χ3n) is 5.64. The molecule has 18 nitrogen and oxygen atoms in total. The first kappa shape index (κ1) is 30.8. The molecule has 216 valence electrons. The molecular formula is C18H29N3O15P2. The molecule has 3 rings (SSSR count). The molecule has 2 amide bonds. The minimum atomic E-state index is -5.50.